The monoisotopic (exact) mass is 301 g/mol. The number of methoxy groups -OCH3 is 1. The van der Waals surface area contributed by atoms with Crippen LogP contribution in [-0.2, 0) is 20.0 Å². The maximum Gasteiger partial charge on any atom is 0.177 e. The van der Waals surface area contributed by atoms with Gasteiger partial charge in [-0.2, -0.15) is 0 Å². The first-order valence-corrected chi connectivity index (χ1v) is 8.31. The van der Waals surface area contributed by atoms with Crippen LogP contribution in [0.4, 0.5) is 0 Å². The molecule has 0 fully saturated rings. The first-order chi connectivity index (χ1) is 9.05. The normalized spacial score (nSPS) is 14.1. The molecule has 0 spiro atoms. The molecule has 6 heteroatoms. The summed E-state index contributed by atoms with van der Waals surface area (Å²) in [4.78, 5) is 4.49. The molecular formula is C14H23NO4S. The number of ether oxygens (including phenoxy) is 2. The molecule has 1 heterocycles. The minimum atomic E-state index is -3.36. The van der Waals surface area contributed by atoms with E-state index in [1.54, 1.807) is 13.3 Å². The molecule has 114 valence electrons. The Bertz CT molecular complexity index is 561. The van der Waals surface area contributed by atoms with Gasteiger partial charge in [-0.15, -0.1) is 0 Å². The molecule has 5 nitrogen and oxygen atoms in total. The predicted octanol–water partition coefficient (Wildman–Crippen LogP) is 2.20. The second kappa shape index (κ2) is 6.10. The molecule has 0 amide bonds. The highest BCUT2D eigenvalue weighted by atomic mass is 32.2. The van der Waals surface area contributed by atoms with Crippen molar-refractivity contribution < 1.29 is 17.9 Å². The van der Waals surface area contributed by atoms with Crippen LogP contribution in [0.15, 0.2) is 17.2 Å². The van der Waals surface area contributed by atoms with Crippen LogP contribution in [0.25, 0.3) is 0 Å². The van der Waals surface area contributed by atoms with Gasteiger partial charge < -0.3 is 9.47 Å². The van der Waals surface area contributed by atoms with Crippen LogP contribution < -0.4 is 4.74 Å². The smallest absolute Gasteiger partial charge is 0.177 e. The summed E-state index contributed by atoms with van der Waals surface area (Å²) in [5.41, 5.74) is 0.198. The van der Waals surface area contributed by atoms with Crippen molar-refractivity contribution in [2.75, 3.05) is 20.0 Å². The van der Waals surface area contributed by atoms with Crippen molar-refractivity contribution in [1.29, 1.82) is 0 Å². The van der Waals surface area contributed by atoms with E-state index in [0.717, 1.165) is 0 Å². The van der Waals surface area contributed by atoms with Crippen molar-refractivity contribution >= 4 is 9.84 Å². The van der Waals surface area contributed by atoms with Gasteiger partial charge in [-0.25, -0.2) is 8.42 Å². The van der Waals surface area contributed by atoms with E-state index in [9.17, 15) is 8.42 Å². The maximum atomic E-state index is 11.9. The summed E-state index contributed by atoms with van der Waals surface area (Å²) < 4.78 is 34.4. The molecule has 1 rings (SSSR count). The van der Waals surface area contributed by atoms with Gasteiger partial charge in [-0.3, -0.25) is 4.98 Å². The van der Waals surface area contributed by atoms with Crippen molar-refractivity contribution in [3.63, 3.8) is 0 Å². The highest BCUT2D eigenvalue weighted by Crippen LogP contribution is 2.29. The Morgan fingerprint density at radius 2 is 1.95 bits per heavy atom. The lowest BCUT2D eigenvalue weighted by Crippen LogP contribution is -2.20. The number of rotatable bonds is 5. The number of nitrogens with zero attached hydrogens (tertiary/aromatic N) is 1. The zero-order valence-electron chi connectivity index (χ0n) is 12.9. The third-order valence-corrected chi connectivity index (χ3v) is 3.93. The van der Waals surface area contributed by atoms with E-state index < -0.39 is 9.84 Å². The molecule has 0 N–H and O–H groups in total. The standard InChI is InChI=1S/C14H23NO4S/c1-10(18-5)9-19-11-7-12(20(6,16)17)13(15-8-11)14(2,3)4/h7-8,10H,9H2,1-6H3/t10-/m1/s1. The van der Waals surface area contributed by atoms with Crippen molar-refractivity contribution in [2.45, 2.75) is 44.1 Å². The van der Waals surface area contributed by atoms with Crippen LogP contribution in [0, 0.1) is 0 Å². The third kappa shape index (κ3) is 4.45. The van der Waals surface area contributed by atoms with E-state index in [2.05, 4.69) is 4.98 Å². The molecule has 1 aromatic rings. The minimum absolute atomic E-state index is 0.0704. The molecule has 0 bridgehead atoms. The molecule has 1 atom stereocenters. The molecule has 0 aliphatic heterocycles. The van der Waals surface area contributed by atoms with Crippen LogP contribution >= 0.6 is 0 Å². The second-order valence-electron chi connectivity index (χ2n) is 5.90. The zero-order valence-corrected chi connectivity index (χ0v) is 13.7. The minimum Gasteiger partial charge on any atom is -0.489 e. The topological polar surface area (TPSA) is 65.5 Å². The molecule has 0 saturated heterocycles. The first-order valence-electron chi connectivity index (χ1n) is 6.42. The molecule has 0 aliphatic rings. The fourth-order valence-electron chi connectivity index (χ4n) is 1.63. The third-order valence-electron chi connectivity index (χ3n) is 2.82. The average Bonchev–Trinajstić information content (AvgIpc) is 2.33. The lowest BCUT2D eigenvalue weighted by Gasteiger charge is -2.21. The highest BCUT2D eigenvalue weighted by Gasteiger charge is 2.25. The van der Waals surface area contributed by atoms with Crippen LogP contribution in [0.1, 0.15) is 33.4 Å². The number of aromatic nitrogens is 1. The van der Waals surface area contributed by atoms with E-state index >= 15 is 0 Å². The number of hydrogen-bond acceptors (Lipinski definition) is 5. The maximum absolute atomic E-state index is 11.9. The summed E-state index contributed by atoms with van der Waals surface area (Å²) in [5.74, 6) is 0.433. The van der Waals surface area contributed by atoms with Crippen molar-refractivity contribution in [3.8, 4) is 5.75 Å². The Kier molecular flexibility index (Phi) is 5.15. The van der Waals surface area contributed by atoms with Crippen LogP contribution in [-0.4, -0.2) is 39.5 Å². The van der Waals surface area contributed by atoms with Gasteiger partial charge >= 0.3 is 0 Å². The van der Waals surface area contributed by atoms with E-state index in [1.165, 1.54) is 12.3 Å². The highest BCUT2D eigenvalue weighted by molar-refractivity contribution is 7.90. The molecule has 0 radical (unpaired) electrons. The van der Waals surface area contributed by atoms with E-state index in [0.29, 0.717) is 18.1 Å². The van der Waals surface area contributed by atoms with Crippen LogP contribution in [0.2, 0.25) is 0 Å². The van der Waals surface area contributed by atoms with Gasteiger partial charge in [-0.1, -0.05) is 20.8 Å². The molecule has 0 aliphatic carbocycles. The predicted molar refractivity (Wildman–Crippen MR) is 78.0 cm³/mol. The quantitative estimate of drug-likeness (QED) is 0.834. The Morgan fingerprint density at radius 1 is 1.35 bits per heavy atom. The van der Waals surface area contributed by atoms with Gasteiger partial charge in [0.1, 0.15) is 12.4 Å². The van der Waals surface area contributed by atoms with Gasteiger partial charge in [0, 0.05) is 24.8 Å². The largest absolute Gasteiger partial charge is 0.489 e. The summed E-state index contributed by atoms with van der Waals surface area (Å²) in [6, 6.07) is 1.53. The van der Waals surface area contributed by atoms with Crippen molar-refractivity contribution in [2.24, 2.45) is 0 Å². The summed E-state index contributed by atoms with van der Waals surface area (Å²) in [6.07, 6.45) is 2.66. The van der Waals surface area contributed by atoms with Crippen LogP contribution in [0.3, 0.4) is 0 Å². The molecular weight excluding hydrogens is 278 g/mol. The number of hydrogen-bond donors (Lipinski definition) is 0. The fraction of sp³-hybridized carbons (Fsp3) is 0.643. The summed E-state index contributed by atoms with van der Waals surface area (Å²) >= 11 is 0. The van der Waals surface area contributed by atoms with Gasteiger partial charge in [0.25, 0.3) is 0 Å². The Morgan fingerprint density at radius 3 is 2.40 bits per heavy atom. The van der Waals surface area contributed by atoms with E-state index in [1.807, 2.05) is 27.7 Å². The van der Waals surface area contributed by atoms with E-state index in [4.69, 9.17) is 9.47 Å². The summed E-state index contributed by atoms with van der Waals surface area (Å²) in [6.45, 7) is 8.00. The number of sulfone groups is 1. The average molecular weight is 301 g/mol. The SMILES string of the molecule is CO[C@H](C)COc1cnc(C(C)(C)C)c(S(C)(=O)=O)c1. The molecule has 0 aromatic carbocycles. The van der Waals surface area contributed by atoms with Gasteiger partial charge in [0.05, 0.1) is 22.9 Å². The summed E-state index contributed by atoms with van der Waals surface area (Å²) in [7, 11) is -1.76. The van der Waals surface area contributed by atoms with Gasteiger partial charge in [0.15, 0.2) is 9.84 Å². The molecule has 1 aromatic heterocycles. The van der Waals surface area contributed by atoms with E-state index in [-0.39, 0.29) is 16.4 Å². The van der Waals surface area contributed by atoms with Crippen molar-refractivity contribution in [1.82, 2.24) is 4.98 Å². The lowest BCUT2D eigenvalue weighted by molar-refractivity contribution is 0.0714. The number of pyridine rings is 1. The molecule has 0 saturated carbocycles. The molecule has 0 unspecified atom stereocenters. The van der Waals surface area contributed by atoms with Gasteiger partial charge in [-0.05, 0) is 6.92 Å². The summed E-state index contributed by atoms with van der Waals surface area (Å²) in [5, 5.41) is 0. The van der Waals surface area contributed by atoms with Crippen molar-refractivity contribution in [3.05, 3.63) is 18.0 Å². The van der Waals surface area contributed by atoms with Gasteiger partial charge in [0.2, 0.25) is 0 Å². The lowest BCUT2D eigenvalue weighted by atomic mass is 9.91. The first kappa shape index (κ1) is 16.9. The second-order valence-corrected chi connectivity index (χ2v) is 7.88. The zero-order chi connectivity index (χ0) is 15.6. The Labute approximate surface area is 121 Å². The van der Waals surface area contributed by atoms with Crippen LogP contribution in [0.5, 0.6) is 5.75 Å². The Hall–Kier alpha value is -1.14. The fourth-order valence-corrected chi connectivity index (χ4v) is 2.67. The Balaban J connectivity index is 3.16. The molecule has 20 heavy (non-hydrogen) atoms.